The van der Waals surface area contributed by atoms with E-state index in [4.69, 9.17) is 32.7 Å². The quantitative estimate of drug-likeness (QED) is 0.447. The second kappa shape index (κ2) is 9.54. The number of para-hydroxylation sites is 1. The molecular formula is C19H21Cl2NO3. The number of hydrogen-bond donors (Lipinski definition) is 0. The average molecular weight is 382 g/mol. The van der Waals surface area contributed by atoms with Gasteiger partial charge in [-0.2, -0.15) is 0 Å². The number of benzene rings is 2. The van der Waals surface area contributed by atoms with E-state index in [-0.39, 0.29) is 16.9 Å². The van der Waals surface area contributed by atoms with Crippen molar-refractivity contribution in [2.45, 2.75) is 26.4 Å². The predicted octanol–water partition coefficient (Wildman–Crippen LogP) is 5.81. The van der Waals surface area contributed by atoms with Gasteiger partial charge in [0.15, 0.2) is 5.75 Å². The van der Waals surface area contributed by atoms with Gasteiger partial charge in [-0.1, -0.05) is 48.3 Å². The first-order valence-electron chi connectivity index (χ1n) is 8.17. The van der Waals surface area contributed by atoms with Gasteiger partial charge in [0.05, 0.1) is 11.6 Å². The highest BCUT2D eigenvalue weighted by molar-refractivity contribution is 6.35. The topological polar surface area (TPSA) is 38.8 Å². The molecule has 25 heavy (non-hydrogen) atoms. The Morgan fingerprint density at radius 3 is 2.44 bits per heavy atom. The number of carbonyl (C=O) groups excluding carboxylic acids is 1. The maximum atomic E-state index is 12.1. The molecule has 2 rings (SSSR count). The zero-order valence-corrected chi connectivity index (χ0v) is 15.8. The Morgan fingerprint density at radius 2 is 1.84 bits per heavy atom. The highest BCUT2D eigenvalue weighted by Crippen LogP contribution is 2.28. The Labute approximate surface area is 158 Å². The van der Waals surface area contributed by atoms with Crippen LogP contribution in [-0.2, 0) is 4.74 Å². The maximum absolute atomic E-state index is 12.1. The molecule has 2 aromatic carbocycles. The molecule has 0 aliphatic rings. The van der Waals surface area contributed by atoms with Crippen LogP contribution in [0.4, 0.5) is 10.5 Å². The molecule has 2 aromatic rings. The van der Waals surface area contributed by atoms with Crippen LogP contribution in [0.5, 0.6) is 5.75 Å². The van der Waals surface area contributed by atoms with Gasteiger partial charge in [0, 0.05) is 17.3 Å². The first kappa shape index (κ1) is 19.4. The fraction of sp³-hybridized carbons (Fsp3) is 0.316. The van der Waals surface area contributed by atoms with E-state index in [0.29, 0.717) is 18.0 Å². The van der Waals surface area contributed by atoms with Crippen LogP contribution in [0.2, 0.25) is 10.0 Å². The van der Waals surface area contributed by atoms with Crippen molar-refractivity contribution in [3.63, 3.8) is 0 Å². The van der Waals surface area contributed by atoms with Crippen molar-refractivity contribution >= 4 is 35.0 Å². The molecule has 0 fully saturated rings. The molecular weight excluding hydrogens is 361 g/mol. The van der Waals surface area contributed by atoms with E-state index in [1.165, 1.54) is 12.1 Å². The average Bonchev–Trinajstić information content (AvgIpc) is 2.61. The second-order valence-corrected chi connectivity index (χ2v) is 6.29. The van der Waals surface area contributed by atoms with Crippen LogP contribution in [0.1, 0.15) is 20.3 Å². The SMILES string of the molecule is CCC(CN(CC)c1ccccc1)OC(=O)Oc1ccc(Cl)cc1Cl. The molecule has 0 bridgehead atoms. The normalized spacial score (nSPS) is 11.7. The van der Waals surface area contributed by atoms with Crippen molar-refractivity contribution < 1.29 is 14.3 Å². The molecule has 1 unspecified atom stereocenters. The third kappa shape index (κ3) is 5.83. The molecule has 134 valence electrons. The van der Waals surface area contributed by atoms with E-state index < -0.39 is 6.16 Å². The minimum Gasteiger partial charge on any atom is -0.429 e. The van der Waals surface area contributed by atoms with Crippen molar-refractivity contribution in [1.82, 2.24) is 0 Å². The highest BCUT2D eigenvalue weighted by Gasteiger charge is 2.19. The van der Waals surface area contributed by atoms with E-state index in [1.807, 2.05) is 37.3 Å². The number of nitrogens with zero attached hydrogens (tertiary/aromatic N) is 1. The summed E-state index contributed by atoms with van der Waals surface area (Å²) >= 11 is 11.8. The van der Waals surface area contributed by atoms with Crippen molar-refractivity contribution in [2.75, 3.05) is 18.0 Å². The molecule has 0 radical (unpaired) electrons. The summed E-state index contributed by atoms with van der Waals surface area (Å²) in [6.45, 7) is 5.42. The fourth-order valence-electron chi connectivity index (χ4n) is 2.36. The molecule has 1 atom stereocenters. The lowest BCUT2D eigenvalue weighted by molar-refractivity contribution is 0.0594. The molecule has 0 aliphatic carbocycles. The molecule has 6 heteroatoms. The number of hydrogen-bond acceptors (Lipinski definition) is 4. The molecule has 4 nitrogen and oxygen atoms in total. The largest absolute Gasteiger partial charge is 0.514 e. The molecule has 0 N–H and O–H groups in total. The van der Waals surface area contributed by atoms with Gasteiger partial charge in [-0.3, -0.25) is 0 Å². The van der Waals surface area contributed by atoms with Crippen LogP contribution in [-0.4, -0.2) is 25.3 Å². The smallest absolute Gasteiger partial charge is 0.429 e. The highest BCUT2D eigenvalue weighted by atomic mass is 35.5. The third-order valence-corrected chi connectivity index (χ3v) is 4.26. The van der Waals surface area contributed by atoms with E-state index >= 15 is 0 Å². The van der Waals surface area contributed by atoms with Gasteiger partial charge < -0.3 is 14.4 Å². The zero-order chi connectivity index (χ0) is 18.2. The lowest BCUT2D eigenvalue weighted by Gasteiger charge is -2.27. The Morgan fingerprint density at radius 1 is 1.12 bits per heavy atom. The van der Waals surface area contributed by atoms with E-state index in [2.05, 4.69) is 11.8 Å². The molecule has 0 aromatic heterocycles. The van der Waals surface area contributed by atoms with Crippen LogP contribution in [0, 0.1) is 0 Å². The number of ether oxygens (including phenoxy) is 2. The minimum atomic E-state index is -0.778. The Bertz CT molecular complexity index is 694. The molecule has 0 aliphatic heterocycles. The summed E-state index contributed by atoms with van der Waals surface area (Å²) < 4.78 is 10.6. The van der Waals surface area contributed by atoms with Crippen LogP contribution >= 0.6 is 23.2 Å². The lowest BCUT2D eigenvalue weighted by Crippen LogP contribution is -2.35. The van der Waals surface area contributed by atoms with Gasteiger partial charge in [0.1, 0.15) is 6.10 Å². The van der Waals surface area contributed by atoms with Gasteiger partial charge in [0.25, 0.3) is 0 Å². The van der Waals surface area contributed by atoms with E-state index in [9.17, 15) is 4.79 Å². The third-order valence-electron chi connectivity index (χ3n) is 3.73. The first-order chi connectivity index (χ1) is 12.0. The summed E-state index contributed by atoms with van der Waals surface area (Å²) in [7, 11) is 0. The Balaban J connectivity index is 1.97. The van der Waals surface area contributed by atoms with Crippen molar-refractivity contribution in [2.24, 2.45) is 0 Å². The summed E-state index contributed by atoms with van der Waals surface area (Å²) in [6, 6.07) is 14.6. The van der Waals surface area contributed by atoms with Crippen LogP contribution in [0.15, 0.2) is 48.5 Å². The summed E-state index contributed by atoms with van der Waals surface area (Å²) in [5.41, 5.74) is 1.08. The van der Waals surface area contributed by atoms with Crippen molar-refractivity contribution in [3.8, 4) is 5.75 Å². The number of anilines is 1. The second-order valence-electron chi connectivity index (χ2n) is 5.45. The predicted molar refractivity (Wildman–Crippen MR) is 102 cm³/mol. The summed E-state index contributed by atoms with van der Waals surface area (Å²) in [5.74, 6) is 0.223. The van der Waals surface area contributed by atoms with Gasteiger partial charge in [-0.05, 0) is 43.7 Å². The van der Waals surface area contributed by atoms with Crippen LogP contribution in [0.3, 0.4) is 0 Å². The number of likely N-dealkylation sites (N-methyl/N-ethyl adjacent to an activating group) is 1. The molecule has 0 saturated heterocycles. The van der Waals surface area contributed by atoms with Crippen molar-refractivity contribution in [1.29, 1.82) is 0 Å². The lowest BCUT2D eigenvalue weighted by atomic mass is 10.2. The molecule has 0 spiro atoms. The van der Waals surface area contributed by atoms with Crippen molar-refractivity contribution in [3.05, 3.63) is 58.6 Å². The zero-order valence-electron chi connectivity index (χ0n) is 14.2. The van der Waals surface area contributed by atoms with Crippen LogP contribution < -0.4 is 9.64 Å². The summed E-state index contributed by atoms with van der Waals surface area (Å²) in [5, 5.41) is 0.732. The van der Waals surface area contributed by atoms with Gasteiger partial charge in [0.2, 0.25) is 0 Å². The van der Waals surface area contributed by atoms with Gasteiger partial charge in [-0.15, -0.1) is 0 Å². The Hall–Kier alpha value is -1.91. The maximum Gasteiger partial charge on any atom is 0.514 e. The van der Waals surface area contributed by atoms with Crippen LogP contribution in [0.25, 0.3) is 0 Å². The fourth-order valence-corrected chi connectivity index (χ4v) is 2.81. The first-order valence-corrected chi connectivity index (χ1v) is 8.92. The number of carbonyl (C=O) groups is 1. The van der Waals surface area contributed by atoms with E-state index in [1.54, 1.807) is 6.07 Å². The Kier molecular flexibility index (Phi) is 7.41. The molecule has 0 amide bonds. The minimum absolute atomic E-state index is 0.223. The van der Waals surface area contributed by atoms with Gasteiger partial charge in [-0.25, -0.2) is 4.79 Å². The molecule has 0 saturated carbocycles. The monoisotopic (exact) mass is 381 g/mol. The molecule has 0 heterocycles. The van der Waals surface area contributed by atoms with E-state index in [0.717, 1.165) is 12.2 Å². The summed E-state index contributed by atoms with van der Waals surface area (Å²) in [6.07, 6.45) is -0.397. The number of halogens is 2. The standard InChI is InChI=1S/C19H21Cl2NO3/c1-3-16(13-22(4-2)15-8-6-5-7-9-15)24-19(23)25-18-11-10-14(20)12-17(18)21/h5-12,16H,3-4,13H2,1-2H3. The number of rotatable bonds is 7. The summed E-state index contributed by atoms with van der Waals surface area (Å²) in [4.78, 5) is 14.2. The van der Waals surface area contributed by atoms with Gasteiger partial charge >= 0.3 is 6.16 Å².